The number of hydrogen-bond acceptors (Lipinski definition) is 6. The van der Waals surface area contributed by atoms with Gasteiger partial charge in [0.2, 0.25) is 0 Å². The molecule has 2 aromatic rings. The molecule has 1 heterocycles. The van der Waals surface area contributed by atoms with Crippen molar-refractivity contribution in [3.05, 3.63) is 59.2 Å². The fourth-order valence-corrected chi connectivity index (χ4v) is 3.63. The Morgan fingerprint density at radius 2 is 1.62 bits per heavy atom. The normalized spacial score (nSPS) is 28.8. The minimum atomic E-state index is -1.61. The number of rotatable bonds is 4. The van der Waals surface area contributed by atoms with E-state index in [1.165, 1.54) is 12.1 Å². The maximum Gasteiger partial charge on any atom is 0.126 e. The molecule has 6 nitrogen and oxygen atoms in total. The van der Waals surface area contributed by atoms with Gasteiger partial charge in [-0.05, 0) is 41.3 Å². The predicted molar refractivity (Wildman–Crippen MR) is 99.8 cm³/mol. The van der Waals surface area contributed by atoms with E-state index in [2.05, 4.69) is 0 Å². The van der Waals surface area contributed by atoms with Gasteiger partial charge in [-0.25, -0.2) is 8.78 Å². The lowest BCUT2D eigenvalue weighted by Gasteiger charge is -2.29. The molecule has 6 atom stereocenters. The average Bonchev–Trinajstić information content (AvgIpc) is 2.78. The van der Waals surface area contributed by atoms with Gasteiger partial charge in [0.1, 0.15) is 36.1 Å². The Hall–Kier alpha value is -1.94. The molecule has 1 saturated heterocycles. The number of ether oxygens (including phenoxy) is 1. The van der Waals surface area contributed by atoms with Crippen molar-refractivity contribution in [3.8, 4) is 11.1 Å². The summed E-state index contributed by atoms with van der Waals surface area (Å²) in [5.41, 5.74) is 1.84. The molecule has 0 radical (unpaired) electrons. The summed E-state index contributed by atoms with van der Waals surface area (Å²) in [6, 6.07) is 7.92. The summed E-state index contributed by atoms with van der Waals surface area (Å²) in [5.74, 6) is -2.21. The lowest BCUT2D eigenvalue weighted by Crippen LogP contribution is -2.46. The summed E-state index contributed by atoms with van der Waals surface area (Å²) < 4.78 is 32.5. The summed E-state index contributed by atoms with van der Waals surface area (Å²) >= 11 is 0. The van der Waals surface area contributed by atoms with Crippen LogP contribution in [-0.4, -0.2) is 63.2 Å². The number of hydrogen-bond donors (Lipinski definition) is 5. The topological polar surface area (TPSA) is 110 Å². The monoisotopic (exact) mass is 410 g/mol. The Kier molecular flexibility index (Phi) is 6.62. The van der Waals surface area contributed by atoms with Gasteiger partial charge in [-0.15, -0.1) is 0 Å². The van der Waals surface area contributed by atoms with Crippen molar-refractivity contribution in [3.63, 3.8) is 0 Å². The van der Waals surface area contributed by atoms with Crippen LogP contribution in [0.2, 0.25) is 0 Å². The molecule has 3 unspecified atom stereocenters. The van der Waals surface area contributed by atoms with E-state index in [1.807, 2.05) is 0 Å². The molecule has 1 aliphatic rings. The molecular formula is C21H24F2O6. The third kappa shape index (κ3) is 4.48. The molecule has 0 spiro atoms. The zero-order valence-corrected chi connectivity index (χ0v) is 15.7. The van der Waals surface area contributed by atoms with Gasteiger partial charge in [-0.2, -0.15) is 0 Å². The van der Waals surface area contributed by atoms with Gasteiger partial charge < -0.3 is 30.3 Å². The van der Waals surface area contributed by atoms with Crippen LogP contribution in [0.5, 0.6) is 0 Å². The number of aliphatic hydroxyl groups is 5. The molecule has 0 bridgehead atoms. The highest BCUT2D eigenvalue weighted by molar-refractivity contribution is 5.65. The first-order chi connectivity index (χ1) is 13.7. The van der Waals surface area contributed by atoms with E-state index in [-0.39, 0.29) is 6.61 Å². The number of benzene rings is 2. The largest absolute Gasteiger partial charge is 0.396 e. The summed E-state index contributed by atoms with van der Waals surface area (Å²) in [6.45, 7) is 1.07. The van der Waals surface area contributed by atoms with Crippen LogP contribution in [0.4, 0.5) is 8.78 Å². The van der Waals surface area contributed by atoms with Gasteiger partial charge in [-0.1, -0.05) is 18.2 Å². The SMILES string of the molecule is Cc1cc(-c2cc(F)cc(F)c2)ccc1[C@@H](O)[C@H]1OCC(CO)[C@@H](O)C(O)C1O. The second-order valence-electron chi connectivity index (χ2n) is 7.39. The molecule has 0 aliphatic carbocycles. The number of aryl methyl sites for hydroxylation is 1. The van der Waals surface area contributed by atoms with Crippen LogP contribution in [0.1, 0.15) is 17.2 Å². The Morgan fingerprint density at radius 1 is 0.966 bits per heavy atom. The van der Waals surface area contributed by atoms with Crippen molar-refractivity contribution in [2.45, 2.75) is 37.4 Å². The van der Waals surface area contributed by atoms with Gasteiger partial charge in [0.05, 0.1) is 19.3 Å². The molecule has 5 N–H and O–H groups in total. The molecule has 0 aromatic heterocycles. The van der Waals surface area contributed by atoms with E-state index in [0.717, 1.165) is 6.07 Å². The van der Waals surface area contributed by atoms with E-state index in [0.29, 0.717) is 22.3 Å². The molecule has 1 fully saturated rings. The highest BCUT2D eigenvalue weighted by Crippen LogP contribution is 2.32. The van der Waals surface area contributed by atoms with Crippen LogP contribution in [-0.2, 0) is 4.74 Å². The van der Waals surface area contributed by atoms with Crippen molar-refractivity contribution in [1.82, 2.24) is 0 Å². The van der Waals surface area contributed by atoms with Crippen LogP contribution < -0.4 is 0 Å². The average molecular weight is 410 g/mol. The predicted octanol–water partition coefficient (Wildman–Crippen LogP) is 1.06. The Bertz CT molecular complexity index is 841. The quantitative estimate of drug-likeness (QED) is 0.516. The van der Waals surface area contributed by atoms with Crippen LogP contribution in [0, 0.1) is 24.5 Å². The molecule has 158 valence electrons. The van der Waals surface area contributed by atoms with Crippen LogP contribution >= 0.6 is 0 Å². The minimum absolute atomic E-state index is 0.160. The second-order valence-corrected chi connectivity index (χ2v) is 7.39. The molecule has 29 heavy (non-hydrogen) atoms. The fraction of sp³-hybridized carbons (Fsp3) is 0.429. The number of aliphatic hydroxyl groups excluding tert-OH is 5. The Balaban J connectivity index is 1.88. The highest BCUT2D eigenvalue weighted by atomic mass is 19.1. The molecule has 1 aliphatic heterocycles. The van der Waals surface area contributed by atoms with E-state index in [4.69, 9.17) is 4.74 Å². The first-order valence-corrected chi connectivity index (χ1v) is 9.24. The molecule has 8 heteroatoms. The Morgan fingerprint density at radius 3 is 2.21 bits per heavy atom. The molecular weight excluding hydrogens is 386 g/mol. The van der Waals surface area contributed by atoms with E-state index in [9.17, 15) is 34.3 Å². The molecule has 0 saturated carbocycles. The van der Waals surface area contributed by atoms with E-state index < -0.39 is 54.7 Å². The summed E-state index contributed by atoms with van der Waals surface area (Å²) in [7, 11) is 0. The first kappa shape index (κ1) is 21.8. The molecule has 2 aromatic carbocycles. The van der Waals surface area contributed by atoms with Crippen molar-refractivity contribution < 1.29 is 39.1 Å². The number of halogens is 2. The van der Waals surface area contributed by atoms with Gasteiger partial charge in [0, 0.05) is 12.0 Å². The lowest BCUT2D eigenvalue weighted by molar-refractivity contribution is -0.131. The van der Waals surface area contributed by atoms with Gasteiger partial charge in [-0.3, -0.25) is 0 Å². The first-order valence-electron chi connectivity index (χ1n) is 9.24. The van der Waals surface area contributed by atoms with Gasteiger partial charge in [0.25, 0.3) is 0 Å². The van der Waals surface area contributed by atoms with Crippen molar-refractivity contribution >= 4 is 0 Å². The molecule has 0 amide bonds. The third-order valence-corrected chi connectivity index (χ3v) is 5.35. The van der Waals surface area contributed by atoms with E-state index in [1.54, 1.807) is 25.1 Å². The van der Waals surface area contributed by atoms with Crippen LogP contribution in [0.15, 0.2) is 36.4 Å². The maximum atomic E-state index is 13.5. The summed E-state index contributed by atoms with van der Waals surface area (Å²) in [6.07, 6.45) is -7.19. The minimum Gasteiger partial charge on any atom is -0.396 e. The van der Waals surface area contributed by atoms with Crippen molar-refractivity contribution in [1.29, 1.82) is 0 Å². The van der Waals surface area contributed by atoms with Crippen LogP contribution in [0.25, 0.3) is 11.1 Å². The standard InChI is InChI=1S/C21H24F2O6/c1-10-4-11(12-5-14(22)7-15(23)6-12)2-3-16(10)18(26)21-20(28)19(27)17(25)13(8-24)9-29-21/h2-7,13,17-21,24-28H,8-9H2,1H3/t13?,17-,18-,19?,20?,21-/m1/s1. The molecule has 3 rings (SSSR count). The Labute approximate surface area is 166 Å². The van der Waals surface area contributed by atoms with Gasteiger partial charge >= 0.3 is 0 Å². The second kappa shape index (κ2) is 8.83. The summed E-state index contributed by atoms with van der Waals surface area (Å²) in [5, 5.41) is 50.6. The fourth-order valence-electron chi connectivity index (χ4n) is 3.63. The highest BCUT2D eigenvalue weighted by Gasteiger charge is 2.43. The van der Waals surface area contributed by atoms with Gasteiger partial charge in [0.15, 0.2) is 0 Å². The third-order valence-electron chi connectivity index (χ3n) is 5.35. The van der Waals surface area contributed by atoms with Crippen molar-refractivity contribution in [2.75, 3.05) is 13.2 Å². The lowest BCUT2D eigenvalue weighted by atomic mass is 9.90. The smallest absolute Gasteiger partial charge is 0.126 e. The summed E-state index contributed by atoms with van der Waals surface area (Å²) in [4.78, 5) is 0. The van der Waals surface area contributed by atoms with Crippen LogP contribution in [0.3, 0.4) is 0 Å². The zero-order chi connectivity index (χ0) is 21.3. The zero-order valence-electron chi connectivity index (χ0n) is 15.7. The van der Waals surface area contributed by atoms with Crippen molar-refractivity contribution in [2.24, 2.45) is 5.92 Å². The van der Waals surface area contributed by atoms with E-state index >= 15 is 0 Å². The maximum absolute atomic E-state index is 13.5.